The Morgan fingerprint density at radius 2 is 2.13 bits per heavy atom. The third-order valence-corrected chi connectivity index (χ3v) is 11.2. The van der Waals surface area contributed by atoms with Gasteiger partial charge < -0.3 is 0 Å². The number of nitrogens with two attached hydrogens (primary N) is 1. The number of halogens is 1. The van der Waals surface area contributed by atoms with Crippen LogP contribution in [0.25, 0.3) is 0 Å². The van der Waals surface area contributed by atoms with Crippen molar-refractivity contribution >= 4 is 42.8 Å². The van der Waals surface area contributed by atoms with E-state index in [-0.39, 0.29) is 6.04 Å². The van der Waals surface area contributed by atoms with Gasteiger partial charge in [0, 0.05) is 0 Å². The fraction of sp³-hybridized carbons (Fsp3) is 0.400. The minimum atomic E-state index is -3.14. The molecule has 1 aromatic carbocycles. The van der Waals surface area contributed by atoms with Crippen LogP contribution in [0.5, 0.6) is 0 Å². The summed E-state index contributed by atoms with van der Waals surface area (Å²) in [6.45, 7) is 1.96. The maximum absolute atomic E-state index is 6.49. The van der Waals surface area contributed by atoms with Crippen molar-refractivity contribution in [3.8, 4) is 0 Å². The summed E-state index contributed by atoms with van der Waals surface area (Å²) in [6, 6.07) is 7.96. The summed E-state index contributed by atoms with van der Waals surface area (Å²) in [6.07, 6.45) is 0. The summed E-state index contributed by atoms with van der Waals surface area (Å²) in [5.41, 5.74) is 7.00. The van der Waals surface area contributed by atoms with Crippen LogP contribution in [0.15, 0.2) is 24.3 Å². The number of rotatable bonds is 4. The molecule has 0 bridgehead atoms. The molecule has 2 unspecified atom stereocenters. The standard InChI is InChI=1S/C8H10N.CH3OS.CH3.ClH.Sn/c1-7(9)8-5-3-2-4-6-8;2-1-3;;;/h2-5,7H,9H2,1H3;3H,1H2;1H3;1H;/q;-1;;;+2/p-1. The fourth-order valence-electron chi connectivity index (χ4n) is 1.50. The van der Waals surface area contributed by atoms with E-state index in [2.05, 4.69) is 12.6 Å². The van der Waals surface area contributed by atoms with Gasteiger partial charge in [0.1, 0.15) is 0 Å². The summed E-state index contributed by atoms with van der Waals surface area (Å²) < 4.78 is 6.70. The second-order valence-corrected chi connectivity index (χ2v) is 16.3. The van der Waals surface area contributed by atoms with Crippen LogP contribution in [-0.4, -0.2) is 23.6 Å². The van der Waals surface area contributed by atoms with Crippen molar-refractivity contribution in [2.24, 2.45) is 5.73 Å². The molecule has 0 aliphatic carbocycles. The molecular weight excluding hydrogens is 336 g/mol. The van der Waals surface area contributed by atoms with Crippen molar-refractivity contribution in [1.29, 1.82) is 0 Å². The molecule has 5 heteroatoms. The first kappa shape index (κ1) is 13.6. The molecule has 2 atom stereocenters. The molecular formula is C10H16ClNOSSn. The van der Waals surface area contributed by atoms with Gasteiger partial charge in [-0.3, -0.25) is 0 Å². The predicted molar refractivity (Wildman–Crippen MR) is 71.1 cm³/mol. The van der Waals surface area contributed by atoms with Crippen molar-refractivity contribution in [2.45, 2.75) is 17.9 Å². The Labute approximate surface area is 105 Å². The van der Waals surface area contributed by atoms with Crippen LogP contribution in [0.1, 0.15) is 18.5 Å². The topological polar surface area (TPSA) is 35.2 Å². The Balaban J connectivity index is 3.12. The molecule has 1 rings (SSSR count). The van der Waals surface area contributed by atoms with Crippen LogP contribution in [0, 0.1) is 0 Å². The van der Waals surface area contributed by atoms with Gasteiger partial charge in [-0.25, -0.2) is 0 Å². The predicted octanol–water partition coefficient (Wildman–Crippen LogP) is 2.13. The van der Waals surface area contributed by atoms with Crippen LogP contribution < -0.4 is 9.31 Å². The first-order chi connectivity index (χ1) is 6.99. The monoisotopic (exact) mass is 353 g/mol. The average molecular weight is 352 g/mol. The molecule has 0 radical (unpaired) electrons. The molecule has 0 aromatic heterocycles. The molecule has 0 aliphatic rings. The molecule has 0 saturated carbocycles. The molecule has 15 heavy (non-hydrogen) atoms. The third kappa shape index (κ3) is 3.53. The minimum absolute atomic E-state index is 0.0144. The molecule has 0 heterocycles. The zero-order valence-corrected chi connectivity index (χ0v) is 13.4. The van der Waals surface area contributed by atoms with Crippen molar-refractivity contribution in [3.05, 3.63) is 29.8 Å². The quantitative estimate of drug-likeness (QED) is 0.495. The number of thiol groups is 1. The van der Waals surface area contributed by atoms with E-state index in [0.717, 1.165) is 9.14 Å². The van der Waals surface area contributed by atoms with Crippen LogP contribution >= 0.6 is 21.5 Å². The Hall–Kier alpha value is 0.579. The fourth-order valence-corrected chi connectivity index (χ4v) is 9.88. The Morgan fingerprint density at radius 1 is 1.53 bits per heavy atom. The van der Waals surface area contributed by atoms with Gasteiger partial charge in [0.2, 0.25) is 0 Å². The zero-order chi connectivity index (χ0) is 11.5. The van der Waals surface area contributed by atoms with Crippen LogP contribution in [-0.2, 0) is 3.07 Å². The summed E-state index contributed by atoms with van der Waals surface area (Å²) in [7, 11) is 6.49. The van der Waals surface area contributed by atoms with Gasteiger partial charge in [-0.15, -0.1) is 0 Å². The van der Waals surface area contributed by atoms with Crippen LogP contribution in [0.2, 0.25) is 4.94 Å². The summed E-state index contributed by atoms with van der Waals surface area (Å²) >= 11 is 0.925. The van der Waals surface area contributed by atoms with E-state index in [0.29, 0.717) is 5.94 Å². The normalized spacial score (nSPS) is 17.1. The Bertz CT molecular complexity index is 333. The van der Waals surface area contributed by atoms with E-state index in [1.807, 2.05) is 36.1 Å². The molecule has 2 N–H and O–H groups in total. The molecule has 0 amide bonds. The van der Waals surface area contributed by atoms with Gasteiger partial charge in [-0.1, -0.05) is 0 Å². The van der Waals surface area contributed by atoms with E-state index in [1.165, 1.54) is 0 Å². The number of hydrogen-bond donors (Lipinski definition) is 2. The summed E-state index contributed by atoms with van der Waals surface area (Å²) in [5.74, 6) is 0.364. The van der Waals surface area contributed by atoms with E-state index in [9.17, 15) is 0 Å². The Kier molecular flexibility index (Phi) is 5.25. The van der Waals surface area contributed by atoms with Gasteiger partial charge in [0.05, 0.1) is 0 Å². The molecule has 1 aromatic rings. The molecule has 2 nitrogen and oxygen atoms in total. The summed E-state index contributed by atoms with van der Waals surface area (Å²) in [5, 5.41) is 0. The van der Waals surface area contributed by atoms with Gasteiger partial charge >= 0.3 is 105 Å². The van der Waals surface area contributed by atoms with Crippen molar-refractivity contribution < 1.29 is 3.07 Å². The van der Waals surface area contributed by atoms with E-state index in [4.69, 9.17) is 17.7 Å². The van der Waals surface area contributed by atoms with Crippen molar-refractivity contribution in [3.63, 3.8) is 0 Å². The number of benzene rings is 1. The van der Waals surface area contributed by atoms with Crippen molar-refractivity contribution in [1.82, 2.24) is 0 Å². The first-order valence-corrected chi connectivity index (χ1v) is 14.5. The zero-order valence-electron chi connectivity index (χ0n) is 8.90. The third-order valence-electron chi connectivity index (χ3n) is 2.27. The van der Waals surface area contributed by atoms with Crippen molar-refractivity contribution in [2.75, 3.05) is 5.94 Å². The van der Waals surface area contributed by atoms with E-state index < -0.39 is 17.7 Å². The molecule has 0 saturated heterocycles. The van der Waals surface area contributed by atoms with Gasteiger partial charge in [0.25, 0.3) is 0 Å². The number of hydrogen-bond acceptors (Lipinski definition) is 3. The SMILES string of the molecule is CC(N)c1cccc[c]1[Sn]([CH3])([Cl])[O]CS. The molecule has 0 fully saturated rings. The maximum atomic E-state index is 6.49. The van der Waals surface area contributed by atoms with Gasteiger partial charge in [-0.05, 0) is 0 Å². The van der Waals surface area contributed by atoms with Crippen LogP contribution in [0.3, 0.4) is 0 Å². The van der Waals surface area contributed by atoms with E-state index >= 15 is 0 Å². The van der Waals surface area contributed by atoms with Gasteiger partial charge in [-0.2, -0.15) is 0 Å². The average Bonchev–Trinajstić information content (AvgIpc) is 2.17. The second-order valence-electron chi connectivity index (χ2n) is 3.57. The Morgan fingerprint density at radius 3 is 2.67 bits per heavy atom. The first-order valence-electron chi connectivity index (χ1n) is 4.77. The molecule has 84 valence electrons. The van der Waals surface area contributed by atoms with Crippen LogP contribution in [0.4, 0.5) is 0 Å². The van der Waals surface area contributed by atoms with E-state index in [1.54, 1.807) is 0 Å². The molecule has 0 spiro atoms. The summed E-state index contributed by atoms with van der Waals surface area (Å²) in [4.78, 5) is 2.01. The molecule has 0 aliphatic heterocycles. The van der Waals surface area contributed by atoms with Gasteiger partial charge in [0.15, 0.2) is 0 Å². The second kappa shape index (κ2) is 5.77.